The van der Waals surface area contributed by atoms with E-state index >= 15 is 0 Å². The van der Waals surface area contributed by atoms with E-state index in [0.29, 0.717) is 19.5 Å². The van der Waals surface area contributed by atoms with Gasteiger partial charge in [0.25, 0.3) is 0 Å². The molecule has 5 nitrogen and oxygen atoms in total. The summed E-state index contributed by atoms with van der Waals surface area (Å²) < 4.78 is 6.37. The highest BCUT2D eigenvalue weighted by molar-refractivity contribution is 9.10. The molecule has 124 valence electrons. The number of nitrogens with one attached hydrogen (secondary N) is 1. The highest BCUT2D eigenvalue weighted by atomic mass is 79.9. The number of carbonyl (C=O) groups excluding carboxylic acids is 2. The molecule has 0 saturated carbocycles. The van der Waals surface area contributed by atoms with Crippen LogP contribution >= 0.6 is 15.9 Å². The zero-order valence-corrected chi connectivity index (χ0v) is 15.1. The van der Waals surface area contributed by atoms with E-state index in [1.54, 1.807) is 4.90 Å². The van der Waals surface area contributed by atoms with E-state index in [0.717, 1.165) is 10.0 Å². The van der Waals surface area contributed by atoms with Gasteiger partial charge in [-0.1, -0.05) is 28.1 Å². The fourth-order valence-electron chi connectivity index (χ4n) is 3.15. The zero-order valence-electron chi connectivity index (χ0n) is 13.6. The summed E-state index contributed by atoms with van der Waals surface area (Å²) in [5.41, 5.74) is 0.112. The number of hydrogen-bond donors (Lipinski definition) is 1. The Labute approximate surface area is 144 Å². The van der Waals surface area contributed by atoms with Crippen LogP contribution in [0.3, 0.4) is 0 Å². The molecular formula is C17H21BrN2O3. The Morgan fingerprint density at radius 1 is 1.30 bits per heavy atom. The van der Waals surface area contributed by atoms with Crippen molar-refractivity contribution in [3.63, 3.8) is 0 Å². The molecular weight excluding hydrogens is 360 g/mol. The molecule has 0 unspecified atom stereocenters. The molecule has 2 fully saturated rings. The van der Waals surface area contributed by atoms with Crippen molar-refractivity contribution in [3.8, 4) is 0 Å². The summed E-state index contributed by atoms with van der Waals surface area (Å²) in [6.45, 7) is 6.38. The predicted octanol–water partition coefficient (Wildman–Crippen LogP) is 3.25. The van der Waals surface area contributed by atoms with E-state index in [1.807, 2.05) is 45.0 Å². The number of nitrogens with zero attached hydrogens (tertiary/aromatic N) is 1. The van der Waals surface area contributed by atoms with E-state index in [1.165, 1.54) is 0 Å². The molecule has 2 saturated heterocycles. The lowest BCUT2D eigenvalue weighted by Crippen LogP contribution is -2.62. The van der Waals surface area contributed by atoms with Gasteiger partial charge in [0.2, 0.25) is 5.91 Å². The minimum Gasteiger partial charge on any atom is -0.444 e. The third-order valence-electron chi connectivity index (χ3n) is 4.29. The first-order valence-electron chi connectivity index (χ1n) is 7.73. The molecule has 1 spiro atoms. The zero-order chi connectivity index (χ0) is 16.8. The molecule has 2 aliphatic heterocycles. The van der Waals surface area contributed by atoms with E-state index in [9.17, 15) is 9.59 Å². The number of ether oxygens (including phenoxy) is 1. The van der Waals surface area contributed by atoms with Crippen LogP contribution in [-0.4, -0.2) is 35.6 Å². The standard InChI is InChI=1S/C17H21BrN2O3/c1-16(2,3)23-15(22)20-9-17(10-20)8-13(19-14(17)21)11-4-6-12(18)7-5-11/h4-7,13H,8-10H2,1-3H3,(H,19,21)/t13-/m0/s1. The Balaban J connectivity index is 1.64. The van der Waals surface area contributed by atoms with Crippen molar-refractivity contribution in [1.29, 1.82) is 0 Å². The number of hydrogen-bond acceptors (Lipinski definition) is 3. The van der Waals surface area contributed by atoms with Gasteiger partial charge < -0.3 is 15.0 Å². The maximum Gasteiger partial charge on any atom is 0.410 e. The van der Waals surface area contributed by atoms with Crippen LogP contribution in [0.25, 0.3) is 0 Å². The van der Waals surface area contributed by atoms with Crippen LogP contribution in [0.15, 0.2) is 28.7 Å². The van der Waals surface area contributed by atoms with Gasteiger partial charge in [0.05, 0.1) is 11.5 Å². The Kier molecular flexibility index (Phi) is 3.91. The third kappa shape index (κ3) is 3.22. The first-order valence-corrected chi connectivity index (χ1v) is 8.52. The second-order valence-electron chi connectivity index (χ2n) is 7.40. The van der Waals surface area contributed by atoms with Gasteiger partial charge in [-0.3, -0.25) is 4.79 Å². The molecule has 23 heavy (non-hydrogen) atoms. The van der Waals surface area contributed by atoms with Crippen molar-refractivity contribution < 1.29 is 14.3 Å². The number of rotatable bonds is 1. The van der Waals surface area contributed by atoms with Crippen LogP contribution in [-0.2, 0) is 9.53 Å². The summed E-state index contributed by atoms with van der Waals surface area (Å²) in [6, 6.07) is 7.98. The molecule has 1 aromatic rings. The third-order valence-corrected chi connectivity index (χ3v) is 4.82. The molecule has 3 rings (SSSR count). The van der Waals surface area contributed by atoms with Crippen LogP contribution in [0.5, 0.6) is 0 Å². The minimum absolute atomic E-state index is 0.0105. The average molecular weight is 381 g/mol. The van der Waals surface area contributed by atoms with Gasteiger partial charge >= 0.3 is 6.09 Å². The SMILES string of the molecule is CC(C)(C)OC(=O)N1CC2(C[C@@H](c3ccc(Br)cc3)NC2=O)C1. The highest BCUT2D eigenvalue weighted by Gasteiger charge is 2.56. The summed E-state index contributed by atoms with van der Waals surface area (Å²) in [5.74, 6) is 0.0326. The number of carbonyl (C=O) groups is 2. The maximum atomic E-state index is 12.4. The summed E-state index contributed by atoms with van der Waals surface area (Å²) in [5, 5.41) is 3.06. The lowest BCUT2D eigenvalue weighted by atomic mass is 9.76. The monoisotopic (exact) mass is 380 g/mol. The topological polar surface area (TPSA) is 58.6 Å². The first-order chi connectivity index (χ1) is 10.7. The van der Waals surface area contributed by atoms with Crippen molar-refractivity contribution in [1.82, 2.24) is 10.2 Å². The number of likely N-dealkylation sites (tertiary alicyclic amines) is 1. The van der Waals surface area contributed by atoms with Crippen LogP contribution in [0, 0.1) is 5.41 Å². The quantitative estimate of drug-likeness (QED) is 0.813. The van der Waals surface area contributed by atoms with Gasteiger partial charge in [0, 0.05) is 17.6 Å². The van der Waals surface area contributed by atoms with Crippen molar-refractivity contribution in [2.45, 2.75) is 38.8 Å². The molecule has 6 heteroatoms. The predicted molar refractivity (Wildman–Crippen MR) is 89.9 cm³/mol. The maximum absolute atomic E-state index is 12.4. The van der Waals surface area contributed by atoms with Crippen molar-refractivity contribution >= 4 is 27.9 Å². The summed E-state index contributed by atoms with van der Waals surface area (Å²) in [6.07, 6.45) is 0.371. The smallest absolute Gasteiger partial charge is 0.410 e. The molecule has 1 N–H and O–H groups in total. The molecule has 0 radical (unpaired) electrons. The fourth-order valence-corrected chi connectivity index (χ4v) is 3.42. The molecule has 2 aliphatic rings. The van der Waals surface area contributed by atoms with Gasteiger partial charge in [0.1, 0.15) is 5.60 Å². The van der Waals surface area contributed by atoms with E-state index in [4.69, 9.17) is 4.74 Å². The summed E-state index contributed by atoms with van der Waals surface area (Å²) in [7, 11) is 0. The average Bonchev–Trinajstić information content (AvgIpc) is 2.73. The number of benzene rings is 1. The van der Waals surface area contributed by atoms with E-state index in [-0.39, 0.29) is 18.0 Å². The van der Waals surface area contributed by atoms with Crippen LogP contribution in [0.1, 0.15) is 38.8 Å². The Bertz CT molecular complexity index is 630. The Morgan fingerprint density at radius 2 is 1.91 bits per heavy atom. The lowest BCUT2D eigenvalue weighted by Gasteiger charge is -2.45. The lowest BCUT2D eigenvalue weighted by molar-refractivity contribution is -0.135. The van der Waals surface area contributed by atoms with Crippen LogP contribution < -0.4 is 5.32 Å². The molecule has 0 aromatic heterocycles. The molecule has 1 atom stereocenters. The normalized spacial score (nSPS) is 22.7. The second kappa shape index (κ2) is 5.51. The van der Waals surface area contributed by atoms with E-state index in [2.05, 4.69) is 21.2 Å². The first kappa shape index (κ1) is 16.3. The summed E-state index contributed by atoms with van der Waals surface area (Å²) in [4.78, 5) is 26.0. The van der Waals surface area contributed by atoms with Crippen LogP contribution in [0.2, 0.25) is 0 Å². The molecule has 1 aromatic carbocycles. The van der Waals surface area contributed by atoms with Gasteiger partial charge in [-0.25, -0.2) is 4.79 Å². The van der Waals surface area contributed by atoms with Crippen LogP contribution in [0.4, 0.5) is 4.79 Å². The molecule has 2 amide bonds. The highest BCUT2D eigenvalue weighted by Crippen LogP contribution is 2.44. The Hall–Kier alpha value is -1.56. The van der Waals surface area contributed by atoms with Crippen molar-refractivity contribution in [3.05, 3.63) is 34.3 Å². The Morgan fingerprint density at radius 3 is 2.48 bits per heavy atom. The number of halogens is 1. The summed E-state index contributed by atoms with van der Waals surface area (Å²) >= 11 is 3.42. The second-order valence-corrected chi connectivity index (χ2v) is 8.31. The molecule has 0 aliphatic carbocycles. The fraction of sp³-hybridized carbons (Fsp3) is 0.529. The van der Waals surface area contributed by atoms with Gasteiger partial charge in [-0.05, 0) is 44.9 Å². The van der Waals surface area contributed by atoms with Gasteiger partial charge in [-0.15, -0.1) is 0 Å². The molecule has 2 heterocycles. The minimum atomic E-state index is -0.516. The van der Waals surface area contributed by atoms with Gasteiger partial charge in [0.15, 0.2) is 0 Å². The largest absolute Gasteiger partial charge is 0.444 e. The number of amides is 2. The van der Waals surface area contributed by atoms with Gasteiger partial charge in [-0.2, -0.15) is 0 Å². The van der Waals surface area contributed by atoms with Crippen molar-refractivity contribution in [2.24, 2.45) is 5.41 Å². The molecule has 0 bridgehead atoms. The van der Waals surface area contributed by atoms with Crippen molar-refractivity contribution in [2.75, 3.05) is 13.1 Å². The van der Waals surface area contributed by atoms with E-state index < -0.39 is 11.0 Å².